The van der Waals surface area contributed by atoms with E-state index in [1.807, 2.05) is 18.2 Å². The van der Waals surface area contributed by atoms with Gasteiger partial charge in [-0.05, 0) is 30.5 Å². The Labute approximate surface area is 90.0 Å². The normalized spacial score (nSPS) is 9.73. The van der Waals surface area contributed by atoms with Gasteiger partial charge in [0.2, 0.25) is 0 Å². The molecule has 0 aliphatic carbocycles. The molecule has 0 spiro atoms. The molecule has 0 aliphatic heterocycles. The fourth-order valence-electron chi connectivity index (χ4n) is 1.43. The number of hydrogen-bond acceptors (Lipinski definition) is 3. The van der Waals surface area contributed by atoms with Crippen molar-refractivity contribution in [2.24, 2.45) is 0 Å². The smallest absolute Gasteiger partial charge is 0.160 e. The Balaban J connectivity index is 2.69. The van der Waals surface area contributed by atoms with E-state index in [2.05, 4.69) is 0 Å². The van der Waals surface area contributed by atoms with E-state index >= 15 is 0 Å². The predicted octanol–water partition coefficient (Wildman–Crippen LogP) is 2.23. The van der Waals surface area contributed by atoms with Gasteiger partial charge < -0.3 is 14.3 Å². The lowest BCUT2D eigenvalue weighted by molar-refractivity contribution is -0.107. The summed E-state index contributed by atoms with van der Waals surface area (Å²) in [5.41, 5.74) is 1.16. The third kappa shape index (κ3) is 3.27. The highest BCUT2D eigenvalue weighted by Gasteiger charge is 2.03. The van der Waals surface area contributed by atoms with Crippen molar-refractivity contribution in [1.82, 2.24) is 0 Å². The first-order valence-corrected chi connectivity index (χ1v) is 4.96. The Morgan fingerprint density at radius 1 is 1.20 bits per heavy atom. The van der Waals surface area contributed by atoms with Crippen LogP contribution in [0.25, 0.3) is 0 Å². The molecule has 0 aromatic heterocycles. The molecule has 0 unspecified atom stereocenters. The van der Waals surface area contributed by atoms with Crippen LogP contribution in [0.2, 0.25) is 0 Å². The summed E-state index contributed by atoms with van der Waals surface area (Å²) in [6.45, 7) is 0. The highest BCUT2D eigenvalue weighted by Crippen LogP contribution is 2.27. The first kappa shape index (κ1) is 11.6. The number of carbonyl (C=O) groups is 1. The lowest BCUT2D eigenvalue weighted by atomic mass is 10.1. The van der Waals surface area contributed by atoms with Crippen LogP contribution >= 0.6 is 0 Å². The highest BCUT2D eigenvalue weighted by atomic mass is 16.5. The molecule has 0 radical (unpaired) electrons. The average molecular weight is 208 g/mol. The number of rotatable bonds is 6. The molecule has 1 aromatic carbocycles. The molecule has 1 rings (SSSR count). The van der Waals surface area contributed by atoms with E-state index < -0.39 is 0 Å². The number of methoxy groups -OCH3 is 2. The van der Waals surface area contributed by atoms with Crippen LogP contribution in [0.4, 0.5) is 0 Å². The summed E-state index contributed by atoms with van der Waals surface area (Å²) in [6.07, 6.45) is 3.31. The Morgan fingerprint density at radius 2 is 1.93 bits per heavy atom. The van der Waals surface area contributed by atoms with Gasteiger partial charge in [-0.2, -0.15) is 0 Å². The molecule has 3 nitrogen and oxygen atoms in total. The Bertz CT molecular complexity index is 321. The molecule has 0 amide bonds. The van der Waals surface area contributed by atoms with Gasteiger partial charge in [-0.15, -0.1) is 0 Å². The number of benzene rings is 1. The Hall–Kier alpha value is -1.51. The number of aldehydes is 1. The molecule has 0 aliphatic rings. The number of aryl methyl sites for hydroxylation is 1. The second-order valence-corrected chi connectivity index (χ2v) is 3.25. The van der Waals surface area contributed by atoms with E-state index in [1.165, 1.54) is 0 Å². The van der Waals surface area contributed by atoms with Crippen LogP contribution in [-0.2, 0) is 11.2 Å². The summed E-state index contributed by atoms with van der Waals surface area (Å²) < 4.78 is 10.3. The fraction of sp³-hybridized carbons (Fsp3) is 0.417. The van der Waals surface area contributed by atoms with E-state index in [0.29, 0.717) is 6.42 Å². The van der Waals surface area contributed by atoms with Gasteiger partial charge >= 0.3 is 0 Å². The van der Waals surface area contributed by atoms with E-state index in [1.54, 1.807) is 14.2 Å². The largest absolute Gasteiger partial charge is 0.493 e. The maximum Gasteiger partial charge on any atom is 0.160 e. The molecule has 3 heteroatoms. The van der Waals surface area contributed by atoms with Crippen molar-refractivity contribution in [3.05, 3.63) is 23.8 Å². The van der Waals surface area contributed by atoms with Crippen LogP contribution < -0.4 is 9.47 Å². The molecule has 0 saturated carbocycles. The average Bonchev–Trinajstić information content (AvgIpc) is 2.29. The summed E-state index contributed by atoms with van der Waals surface area (Å²) in [4.78, 5) is 10.2. The molecule has 0 fully saturated rings. The number of hydrogen-bond donors (Lipinski definition) is 0. The molecule has 15 heavy (non-hydrogen) atoms. The van der Waals surface area contributed by atoms with Crippen molar-refractivity contribution in [3.63, 3.8) is 0 Å². The van der Waals surface area contributed by atoms with Crippen molar-refractivity contribution in [3.8, 4) is 11.5 Å². The molecule has 82 valence electrons. The highest BCUT2D eigenvalue weighted by molar-refractivity contribution is 5.49. The van der Waals surface area contributed by atoms with E-state index in [0.717, 1.165) is 36.2 Å². The van der Waals surface area contributed by atoms with Crippen molar-refractivity contribution < 1.29 is 14.3 Å². The maximum atomic E-state index is 10.2. The van der Waals surface area contributed by atoms with Crippen LogP contribution in [0.3, 0.4) is 0 Å². The first-order valence-electron chi connectivity index (χ1n) is 4.96. The maximum absolute atomic E-state index is 10.2. The number of carbonyl (C=O) groups excluding carboxylic acids is 1. The van der Waals surface area contributed by atoms with E-state index in [4.69, 9.17) is 9.47 Å². The Kier molecular flexibility index (Phi) is 4.68. The minimum atomic E-state index is 0.606. The summed E-state index contributed by atoms with van der Waals surface area (Å²) in [6, 6.07) is 5.82. The van der Waals surface area contributed by atoms with Crippen molar-refractivity contribution in [1.29, 1.82) is 0 Å². The lowest BCUT2D eigenvalue weighted by Crippen LogP contribution is -1.93. The van der Waals surface area contributed by atoms with Crippen molar-refractivity contribution in [2.45, 2.75) is 19.3 Å². The molecule has 0 bridgehead atoms. The number of ether oxygens (including phenoxy) is 2. The van der Waals surface area contributed by atoms with Crippen LogP contribution in [0.1, 0.15) is 18.4 Å². The minimum Gasteiger partial charge on any atom is -0.493 e. The zero-order chi connectivity index (χ0) is 11.1. The first-order chi connectivity index (χ1) is 7.31. The van der Waals surface area contributed by atoms with Crippen LogP contribution in [0.5, 0.6) is 11.5 Å². The van der Waals surface area contributed by atoms with Gasteiger partial charge in [-0.1, -0.05) is 6.07 Å². The molecule has 0 atom stereocenters. The van der Waals surface area contributed by atoms with Crippen molar-refractivity contribution >= 4 is 6.29 Å². The van der Waals surface area contributed by atoms with Gasteiger partial charge in [0.1, 0.15) is 6.29 Å². The predicted molar refractivity (Wildman–Crippen MR) is 58.5 cm³/mol. The van der Waals surface area contributed by atoms with Crippen LogP contribution in [0, 0.1) is 0 Å². The summed E-state index contributed by atoms with van der Waals surface area (Å²) in [5.74, 6) is 1.47. The van der Waals surface area contributed by atoms with Gasteiger partial charge in [-0.3, -0.25) is 0 Å². The molecular weight excluding hydrogens is 192 g/mol. The summed E-state index contributed by atoms with van der Waals surface area (Å²) >= 11 is 0. The number of unbranched alkanes of at least 4 members (excludes halogenated alkanes) is 1. The molecule has 1 aromatic rings. The minimum absolute atomic E-state index is 0.606. The third-order valence-electron chi connectivity index (χ3n) is 2.24. The second kappa shape index (κ2) is 6.06. The summed E-state index contributed by atoms with van der Waals surface area (Å²) in [7, 11) is 3.23. The van der Waals surface area contributed by atoms with Gasteiger partial charge in [-0.25, -0.2) is 0 Å². The quantitative estimate of drug-likeness (QED) is 0.531. The molecule has 0 N–H and O–H groups in total. The lowest BCUT2D eigenvalue weighted by Gasteiger charge is -2.08. The zero-order valence-electron chi connectivity index (χ0n) is 9.16. The van der Waals surface area contributed by atoms with Crippen LogP contribution in [-0.4, -0.2) is 20.5 Å². The topological polar surface area (TPSA) is 35.5 Å². The Morgan fingerprint density at radius 3 is 2.53 bits per heavy atom. The molecule has 0 saturated heterocycles. The monoisotopic (exact) mass is 208 g/mol. The van der Waals surface area contributed by atoms with Crippen LogP contribution in [0.15, 0.2) is 18.2 Å². The van der Waals surface area contributed by atoms with Gasteiger partial charge in [0, 0.05) is 6.42 Å². The fourth-order valence-corrected chi connectivity index (χ4v) is 1.43. The molecule has 0 heterocycles. The second-order valence-electron chi connectivity index (χ2n) is 3.25. The van der Waals surface area contributed by atoms with Gasteiger partial charge in [0.05, 0.1) is 14.2 Å². The SMILES string of the molecule is COc1ccc(CCCC=O)cc1OC. The summed E-state index contributed by atoms with van der Waals surface area (Å²) in [5, 5.41) is 0. The molecular formula is C12H16O3. The third-order valence-corrected chi connectivity index (χ3v) is 2.24. The van der Waals surface area contributed by atoms with Gasteiger partial charge in [0.25, 0.3) is 0 Å². The van der Waals surface area contributed by atoms with E-state index in [-0.39, 0.29) is 0 Å². The van der Waals surface area contributed by atoms with E-state index in [9.17, 15) is 4.79 Å². The van der Waals surface area contributed by atoms with Crippen molar-refractivity contribution in [2.75, 3.05) is 14.2 Å². The van der Waals surface area contributed by atoms with Gasteiger partial charge in [0.15, 0.2) is 11.5 Å². The standard InChI is InChI=1S/C12H16O3/c1-14-11-7-6-10(5-3-4-8-13)9-12(11)15-2/h6-9H,3-5H2,1-2H3. The zero-order valence-corrected chi connectivity index (χ0v) is 9.16.